The number of hydrogen-bond donors (Lipinski definition) is 0. The van der Waals surface area contributed by atoms with Gasteiger partial charge in [0.25, 0.3) is 0 Å². The predicted octanol–water partition coefficient (Wildman–Crippen LogP) is 12.8. The first kappa shape index (κ1) is 50.9. The van der Waals surface area contributed by atoms with E-state index in [1.807, 2.05) is 14.1 Å². The Kier molecular flexibility index (Phi) is 39.4. The lowest BCUT2D eigenvalue weighted by Crippen LogP contribution is -2.31. The summed E-state index contributed by atoms with van der Waals surface area (Å²) in [4.78, 5) is 39.5. The number of ether oxygens (including phenoxy) is 3. The lowest BCUT2D eigenvalue weighted by atomic mass is 10.1. The van der Waals surface area contributed by atoms with Crippen molar-refractivity contribution in [2.45, 2.75) is 219 Å². The minimum absolute atomic E-state index is 0.0893. The number of carbonyl (C=O) groups is 3. The van der Waals surface area contributed by atoms with Gasteiger partial charge in [-0.15, -0.1) is 0 Å². The fraction of sp³-hybridized carbons (Fsp3) is 0.848. The summed E-state index contributed by atoms with van der Waals surface area (Å²) >= 11 is 0. The van der Waals surface area contributed by atoms with Crippen molar-refractivity contribution in [3.63, 3.8) is 0 Å². The summed E-state index contributed by atoms with van der Waals surface area (Å²) in [6.07, 6.45) is 42.5. The van der Waals surface area contributed by atoms with Gasteiger partial charge in [0.05, 0.1) is 0 Å². The molecule has 0 unspecified atom stereocenters. The van der Waals surface area contributed by atoms with Crippen molar-refractivity contribution in [2.75, 3.05) is 33.9 Å². The Hall–Kier alpha value is -2.15. The van der Waals surface area contributed by atoms with Gasteiger partial charge in [-0.05, 0) is 97.7 Å². The maximum absolute atomic E-state index is 12.5. The molecule has 7 heteroatoms. The van der Waals surface area contributed by atoms with E-state index in [-0.39, 0.29) is 37.5 Å². The molecule has 0 aromatic carbocycles. The summed E-state index contributed by atoms with van der Waals surface area (Å²) in [5.74, 6) is -0.945. The van der Waals surface area contributed by atoms with Crippen molar-refractivity contribution in [3.05, 3.63) is 24.3 Å². The SMILES string of the molecule is CCCCCCCCC=CCCCCCCCC(=O)OCC(COC(=O)CCCCCCCC=CCCCCCCCC)OC(=O)CCCCN(C)C. The minimum atomic E-state index is -0.785. The van der Waals surface area contributed by atoms with Gasteiger partial charge in [-0.2, -0.15) is 0 Å². The number of nitrogens with zero attached hydrogens (tertiary/aromatic N) is 1. The number of allylic oxidation sites excluding steroid dienone is 4. The van der Waals surface area contributed by atoms with Crippen LogP contribution < -0.4 is 0 Å². The van der Waals surface area contributed by atoms with Crippen molar-refractivity contribution in [2.24, 2.45) is 0 Å². The molecule has 0 fully saturated rings. The maximum Gasteiger partial charge on any atom is 0.306 e. The molecule has 0 aliphatic heterocycles. The normalized spacial score (nSPS) is 12.2. The standard InChI is InChI=1S/C46H85NO6/c1-5-7-9-11-13-15-17-19-21-23-25-27-29-31-33-37-44(48)51-41-43(53-46(50)39-35-36-40-47(3)4)42-52-45(49)38-34-32-30-28-26-24-22-20-18-16-14-12-10-8-6-2/h19-22,43H,5-18,23-42H2,1-4H3. The average Bonchev–Trinajstić information content (AvgIpc) is 3.14. The van der Waals surface area contributed by atoms with Crippen molar-refractivity contribution in [1.29, 1.82) is 0 Å². The van der Waals surface area contributed by atoms with E-state index < -0.39 is 6.10 Å². The fourth-order valence-corrected chi connectivity index (χ4v) is 6.25. The van der Waals surface area contributed by atoms with Crippen LogP contribution in [0.15, 0.2) is 24.3 Å². The molecule has 0 saturated heterocycles. The second kappa shape index (κ2) is 41.0. The third-order valence-corrected chi connectivity index (χ3v) is 9.68. The third kappa shape index (κ3) is 40.9. The molecular weight excluding hydrogens is 663 g/mol. The lowest BCUT2D eigenvalue weighted by molar-refractivity contribution is -0.167. The molecule has 0 aromatic rings. The van der Waals surface area contributed by atoms with Gasteiger partial charge in [-0.25, -0.2) is 0 Å². The third-order valence-electron chi connectivity index (χ3n) is 9.68. The summed E-state index contributed by atoms with van der Waals surface area (Å²) in [6.45, 7) is 5.24. The summed E-state index contributed by atoms with van der Waals surface area (Å²) in [5, 5.41) is 0. The van der Waals surface area contributed by atoms with Crippen LogP contribution in [0.1, 0.15) is 213 Å². The van der Waals surface area contributed by atoms with Crippen LogP contribution in [0.25, 0.3) is 0 Å². The topological polar surface area (TPSA) is 82.1 Å². The average molecular weight is 748 g/mol. The van der Waals surface area contributed by atoms with E-state index in [1.165, 1.54) is 116 Å². The Bertz CT molecular complexity index is 829. The molecule has 53 heavy (non-hydrogen) atoms. The Morgan fingerprint density at radius 2 is 0.755 bits per heavy atom. The summed E-state index contributed by atoms with van der Waals surface area (Å²) in [6, 6.07) is 0. The van der Waals surface area contributed by atoms with E-state index in [0.29, 0.717) is 19.3 Å². The fourth-order valence-electron chi connectivity index (χ4n) is 6.25. The van der Waals surface area contributed by atoms with Gasteiger partial charge in [0.2, 0.25) is 0 Å². The number of rotatable bonds is 40. The first-order valence-corrected chi connectivity index (χ1v) is 22.3. The molecular formula is C46H85NO6. The van der Waals surface area contributed by atoms with Crippen molar-refractivity contribution in [3.8, 4) is 0 Å². The van der Waals surface area contributed by atoms with Crippen LogP contribution in [0.5, 0.6) is 0 Å². The van der Waals surface area contributed by atoms with Crippen LogP contribution >= 0.6 is 0 Å². The van der Waals surface area contributed by atoms with Gasteiger partial charge in [-0.3, -0.25) is 14.4 Å². The summed E-state index contributed by atoms with van der Waals surface area (Å²) in [7, 11) is 4.01. The van der Waals surface area contributed by atoms with E-state index in [4.69, 9.17) is 14.2 Å². The molecule has 0 aromatic heterocycles. The van der Waals surface area contributed by atoms with E-state index in [1.54, 1.807) is 0 Å². The molecule has 0 aliphatic rings. The molecule has 7 nitrogen and oxygen atoms in total. The highest BCUT2D eigenvalue weighted by molar-refractivity contribution is 5.71. The van der Waals surface area contributed by atoms with Crippen LogP contribution in [0.2, 0.25) is 0 Å². The maximum atomic E-state index is 12.5. The molecule has 0 N–H and O–H groups in total. The van der Waals surface area contributed by atoms with E-state index in [2.05, 4.69) is 43.1 Å². The first-order valence-electron chi connectivity index (χ1n) is 22.3. The monoisotopic (exact) mass is 748 g/mol. The number of carbonyl (C=O) groups excluding carboxylic acids is 3. The molecule has 0 aliphatic carbocycles. The van der Waals surface area contributed by atoms with Gasteiger partial charge in [0.15, 0.2) is 6.10 Å². The molecule has 0 radical (unpaired) electrons. The van der Waals surface area contributed by atoms with Gasteiger partial charge in [0.1, 0.15) is 13.2 Å². The highest BCUT2D eigenvalue weighted by atomic mass is 16.6. The molecule has 0 saturated carbocycles. The van der Waals surface area contributed by atoms with E-state index in [9.17, 15) is 14.4 Å². The molecule has 0 rings (SSSR count). The van der Waals surface area contributed by atoms with Crippen molar-refractivity contribution >= 4 is 17.9 Å². The zero-order valence-corrected chi connectivity index (χ0v) is 35.3. The Morgan fingerprint density at radius 3 is 1.13 bits per heavy atom. The quantitative estimate of drug-likeness (QED) is 0.0267. The van der Waals surface area contributed by atoms with E-state index >= 15 is 0 Å². The predicted molar refractivity (Wildman–Crippen MR) is 223 cm³/mol. The molecule has 0 atom stereocenters. The Labute approximate surface area is 327 Å². The van der Waals surface area contributed by atoms with E-state index in [0.717, 1.165) is 64.3 Å². The lowest BCUT2D eigenvalue weighted by Gasteiger charge is -2.18. The van der Waals surface area contributed by atoms with Gasteiger partial charge < -0.3 is 19.1 Å². The van der Waals surface area contributed by atoms with Gasteiger partial charge >= 0.3 is 17.9 Å². The molecule has 310 valence electrons. The molecule has 0 heterocycles. The van der Waals surface area contributed by atoms with Crippen LogP contribution in [-0.4, -0.2) is 62.8 Å². The highest BCUT2D eigenvalue weighted by Crippen LogP contribution is 2.13. The first-order chi connectivity index (χ1) is 25.9. The zero-order chi connectivity index (χ0) is 38.9. The Balaban J connectivity index is 4.19. The van der Waals surface area contributed by atoms with Crippen LogP contribution in [0.4, 0.5) is 0 Å². The van der Waals surface area contributed by atoms with Crippen molar-refractivity contribution < 1.29 is 28.6 Å². The summed E-state index contributed by atoms with van der Waals surface area (Å²) in [5.41, 5.74) is 0. The van der Waals surface area contributed by atoms with Crippen LogP contribution in [-0.2, 0) is 28.6 Å². The second-order valence-electron chi connectivity index (χ2n) is 15.4. The number of unbranched alkanes of at least 4 members (excludes halogenated alkanes) is 23. The van der Waals surface area contributed by atoms with Crippen molar-refractivity contribution in [1.82, 2.24) is 4.90 Å². The smallest absolute Gasteiger partial charge is 0.306 e. The molecule has 0 bridgehead atoms. The second-order valence-corrected chi connectivity index (χ2v) is 15.4. The largest absolute Gasteiger partial charge is 0.462 e. The highest BCUT2D eigenvalue weighted by Gasteiger charge is 2.19. The van der Waals surface area contributed by atoms with Gasteiger partial charge in [-0.1, -0.05) is 141 Å². The zero-order valence-electron chi connectivity index (χ0n) is 35.3. The summed E-state index contributed by atoms with van der Waals surface area (Å²) < 4.78 is 16.6. The van der Waals surface area contributed by atoms with Crippen LogP contribution in [0.3, 0.4) is 0 Å². The number of hydrogen-bond acceptors (Lipinski definition) is 7. The van der Waals surface area contributed by atoms with Gasteiger partial charge in [0, 0.05) is 19.3 Å². The molecule has 0 spiro atoms. The van der Waals surface area contributed by atoms with Crippen LogP contribution in [0, 0.1) is 0 Å². The Morgan fingerprint density at radius 1 is 0.434 bits per heavy atom. The molecule has 0 amide bonds. The number of esters is 3. The minimum Gasteiger partial charge on any atom is -0.462 e.